The minimum Gasteiger partial charge on any atom is -0.465 e. The molecule has 3 aromatic heterocycles. The summed E-state index contributed by atoms with van der Waals surface area (Å²) in [5.41, 5.74) is 11.5. The van der Waals surface area contributed by atoms with Crippen molar-refractivity contribution in [1.82, 2.24) is 34.7 Å². The second-order valence-electron chi connectivity index (χ2n) is 9.42. The Morgan fingerprint density at radius 3 is 2.45 bits per heavy atom. The Hall–Kier alpha value is -5.32. The van der Waals surface area contributed by atoms with Gasteiger partial charge in [0.2, 0.25) is 5.91 Å². The molecule has 0 bridgehead atoms. The van der Waals surface area contributed by atoms with E-state index in [4.69, 9.17) is 10.7 Å². The predicted octanol–water partition coefficient (Wildman–Crippen LogP) is 3.84. The monoisotopic (exact) mass is 536 g/mol. The molecule has 3 heterocycles. The molecule has 0 spiro atoms. The predicted molar refractivity (Wildman–Crippen MR) is 152 cm³/mol. The first-order valence-corrected chi connectivity index (χ1v) is 12.6. The number of carbonyl (C=O) groups excluding carboxylic acids is 1. The lowest BCUT2D eigenvalue weighted by Crippen LogP contribution is -2.37. The first-order valence-electron chi connectivity index (χ1n) is 12.6. The van der Waals surface area contributed by atoms with E-state index >= 15 is 0 Å². The van der Waals surface area contributed by atoms with Crippen molar-refractivity contribution >= 4 is 39.8 Å². The Morgan fingerprint density at radius 1 is 1.05 bits per heavy atom. The normalized spacial score (nSPS) is 11.0. The van der Waals surface area contributed by atoms with E-state index in [2.05, 4.69) is 31.4 Å². The lowest BCUT2D eigenvalue weighted by atomic mass is 10.1. The minimum atomic E-state index is -1.06. The number of nitrogens with zero attached hydrogens (tertiary/aromatic N) is 6. The van der Waals surface area contributed by atoms with E-state index in [1.165, 1.54) is 11.2 Å². The molecule has 0 aliphatic heterocycles. The zero-order valence-electron chi connectivity index (χ0n) is 21.9. The number of imidazole rings is 1. The third-order valence-corrected chi connectivity index (χ3v) is 6.49. The molecule has 0 aliphatic rings. The fraction of sp³-hybridized carbons (Fsp3) is 0.172. The highest BCUT2D eigenvalue weighted by atomic mass is 16.4. The summed E-state index contributed by atoms with van der Waals surface area (Å²) >= 11 is 0. The number of amides is 2. The van der Waals surface area contributed by atoms with Crippen LogP contribution in [0.1, 0.15) is 18.1 Å². The number of rotatable bonds is 9. The Bertz CT molecular complexity index is 1720. The summed E-state index contributed by atoms with van der Waals surface area (Å²) in [6.07, 6.45) is 3.82. The molecular weight excluding hydrogens is 508 g/mol. The highest BCUT2D eigenvalue weighted by molar-refractivity contribution is 6.07. The molecule has 0 unspecified atom stereocenters. The van der Waals surface area contributed by atoms with Gasteiger partial charge in [-0.25, -0.2) is 24.7 Å². The molecule has 2 amide bonds. The number of benzene rings is 2. The van der Waals surface area contributed by atoms with Crippen LogP contribution in [0, 0.1) is 0 Å². The first-order chi connectivity index (χ1) is 19.3. The molecular formula is C29H28N8O3. The highest BCUT2D eigenvalue weighted by Crippen LogP contribution is 2.32. The number of nitrogen functional groups attached to an aromatic ring is 1. The van der Waals surface area contributed by atoms with Gasteiger partial charge in [-0.15, -0.1) is 0 Å². The number of carbonyl (C=O) groups is 2. The Labute approximate surface area is 230 Å². The number of pyridine rings is 1. The number of anilines is 1. The molecule has 5 aromatic rings. The van der Waals surface area contributed by atoms with Crippen LogP contribution in [0.5, 0.6) is 0 Å². The second kappa shape index (κ2) is 11.2. The quantitative estimate of drug-likeness (QED) is 0.240. The first kappa shape index (κ1) is 26.3. The number of aromatic nitrogens is 5. The maximum Gasteiger partial charge on any atom is 0.407 e. The zero-order chi connectivity index (χ0) is 28.2. The Balaban J connectivity index is 1.44. The average molecular weight is 537 g/mol. The van der Waals surface area contributed by atoms with E-state index in [1.807, 2.05) is 48.5 Å². The molecule has 2 aromatic carbocycles. The summed E-state index contributed by atoms with van der Waals surface area (Å²) < 4.78 is 2.08. The molecule has 202 valence electrons. The van der Waals surface area contributed by atoms with Crippen molar-refractivity contribution in [2.75, 3.05) is 18.8 Å². The van der Waals surface area contributed by atoms with Crippen molar-refractivity contribution in [2.24, 2.45) is 0 Å². The van der Waals surface area contributed by atoms with Crippen LogP contribution < -0.4 is 11.1 Å². The molecule has 11 nitrogen and oxygen atoms in total. The summed E-state index contributed by atoms with van der Waals surface area (Å²) in [5.74, 6) is 0.709. The standard InChI is InChI=1S/C29H28N8O3/c1-18(2)28(38)33-11-12-36(29(39)40)15-19-7-9-20(10-8-19)16-37-25-22-5-3-4-6-23(22)34-26(30)24(25)35-27(37)21-13-31-17-32-14-21/h3-10,13-14,17H,1,11-12,15-16H2,2H3,(H2,30,34)(H,33,38)(H,39,40). The molecule has 4 N–H and O–H groups in total. The maximum absolute atomic E-state index is 11.8. The fourth-order valence-corrected chi connectivity index (χ4v) is 4.50. The van der Waals surface area contributed by atoms with Crippen LogP contribution in [0.4, 0.5) is 10.6 Å². The van der Waals surface area contributed by atoms with Gasteiger partial charge in [0.05, 0.1) is 16.6 Å². The number of para-hydroxylation sites is 1. The van der Waals surface area contributed by atoms with Gasteiger partial charge in [-0.05, 0) is 24.1 Å². The van der Waals surface area contributed by atoms with Gasteiger partial charge in [0.1, 0.15) is 17.7 Å². The third kappa shape index (κ3) is 5.44. The lowest BCUT2D eigenvalue weighted by Gasteiger charge is -2.20. The van der Waals surface area contributed by atoms with Gasteiger partial charge >= 0.3 is 6.09 Å². The van der Waals surface area contributed by atoms with E-state index in [-0.39, 0.29) is 25.5 Å². The topological polar surface area (TPSA) is 152 Å². The molecule has 5 rings (SSSR count). The number of nitrogens with two attached hydrogens (primary N) is 1. The largest absolute Gasteiger partial charge is 0.465 e. The van der Waals surface area contributed by atoms with E-state index in [0.29, 0.717) is 29.3 Å². The summed E-state index contributed by atoms with van der Waals surface area (Å²) in [6, 6.07) is 15.5. The Morgan fingerprint density at radius 2 is 1.75 bits per heavy atom. The van der Waals surface area contributed by atoms with Crippen LogP contribution in [0.2, 0.25) is 0 Å². The van der Waals surface area contributed by atoms with E-state index in [9.17, 15) is 14.7 Å². The number of hydrogen-bond donors (Lipinski definition) is 3. The summed E-state index contributed by atoms with van der Waals surface area (Å²) in [4.78, 5) is 42.5. The molecule has 0 saturated heterocycles. The van der Waals surface area contributed by atoms with Gasteiger partial charge in [-0.2, -0.15) is 0 Å². The van der Waals surface area contributed by atoms with Crippen LogP contribution >= 0.6 is 0 Å². The van der Waals surface area contributed by atoms with Crippen LogP contribution in [-0.2, 0) is 17.9 Å². The molecule has 0 fully saturated rings. The number of nitrogens with one attached hydrogen (secondary N) is 1. The van der Waals surface area contributed by atoms with Crippen molar-refractivity contribution in [3.05, 3.63) is 90.5 Å². The van der Waals surface area contributed by atoms with Crippen molar-refractivity contribution in [1.29, 1.82) is 0 Å². The van der Waals surface area contributed by atoms with E-state index in [0.717, 1.165) is 33.1 Å². The van der Waals surface area contributed by atoms with E-state index in [1.54, 1.807) is 19.3 Å². The SMILES string of the molecule is C=C(C)C(=O)NCCN(Cc1ccc(Cn2c(-c3cncnc3)nc3c(N)nc4ccccc4c32)cc1)C(=O)O. The molecule has 0 radical (unpaired) electrons. The van der Waals surface area contributed by atoms with Crippen LogP contribution in [-0.4, -0.2) is 59.6 Å². The minimum absolute atomic E-state index is 0.155. The van der Waals surface area contributed by atoms with Crippen molar-refractivity contribution in [3.8, 4) is 11.4 Å². The van der Waals surface area contributed by atoms with Crippen molar-refractivity contribution < 1.29 is 14.7 Å². The summed E-state index contributed by atoms with van der Waals surface area (Å²) in [5, 5.41) is 13.2. The third-order valence-electron chi connectivity index (χ3n) is 6.49. The van der Waals surface area contributed by atoms with Gasteiger partial charge in [-0.3, -0.25) is 4.79 Å². The zero-order valence-corrected chi connectivity index (χ0v) is 21.9. The maximum atomic E-state index is 11.8. The van der Waals surface area contributed by atoms with E-state index < -0.39 is 6.09 Å². The molecule has 40 heavy (non-hydrogen) atoms. The second-order valence-corrected chi connectivity index (χ2v) is 9.42. The molecule has 0 atom stereocenters. The molecule has 11 heteroatoms. The molecule has 0 aliphatic carbocycles. The van der Waals surface area contributed by atoms with Gasteiger partial charge in [0.15, 0.2) is 5.82 Å². The smallest absolute Gasteiger partial charge is 0.407 e. The average Bonchev–Trinajstić information content (AvgIpc) is 3.33. The fourth-order valence-electron chi connectivity index (χ4n) is 4.50. The van der Waals surface area contributed by atoms with Gasteiger partial charge in [-0.1, -0.05) is 49.0 Å². The van der Waals surface area contributed by atoms with Gasteiger partial charge in [0, 0.05) is 49.5 Å². The highest BCUT2D eigenvalue weighted by Gasteiger charge is 2.19. The van der Waals surface area contributed by atoms with Gasteiger partial charge in [0.25, 0.3) is 0 Å². The van der Waals surface area contributed by atoms with Crippen molar-refractivity contribution in [2.45, 2.75) is 20.0 Å². The Kier molecular flexibility index (Phi) is 7.36. The van der Waals surface area contributed by atoms with Crippen LogP contribution in [0.25, 0.3) is 33.3 Å². The summed E-state index contributed by atoms with van der Waals surface area (Å²) in [7, 11) is 0. The van der Waals surface area contributed by atoms with Crippen LogP contribution in [0.3, 0.4) is 0 Å². The van der Waals surface area contributed by atoms with Gasteiger partial charge < -0.3 is 25.6 Å². The van der Waals surface area contributed by atoms with Crippen LogP contribution in [0.15, 0.2) is 79.4 Å². The molecule has 0 saturated carbocycles. The number of hydrogen-bond acceptors (Lipinski definition) is 7. The summed E-state index contributed by atoms with van der Waals surface area (Å²) in [6.45, 7) is 6.20. The van der Waals surface area contributed by atoms with Crippen molar-refractivity contribution in [3.63, 3.8) is 0 Å². The lowest BCUT2D eigenvalue weighted by molar-refractivity contribution is -0.117. The number of fused-ring (bicyclic) bond motifs is 3. The number of carboxylic acid groups (broad SMARTS) is 1.